The Morgan fingerprint density at radius 2 is 1.94 bits per heavy atom. The highest BCUT2D eigenvalue weighted by Gasteiger charge is 2.49. The van der Waals surface area contributed by atoms with Crippen LogP contribution >= 0.6 is 0 Å². The summed E-state index contributed by atoms with van der Waals surface area (Å²) >= 11 is 0. The lowest BCUT2D eigenvalue weighted by molar-refractivity contribution is -0.148. The maximum atomic E-state index is 11.8. The Labute approximate surface area is 97.1 Å². The van der Waals surface area contributed by atoms with Gasteiger partial charge in [0, 0.05) is 19.4 Å². The highest BCUT2D eigenvalue weighted by Crippen LogP contribution is 2.43. The molecule has 0 aromatic carbocycles. The Bertz CT molecular complexity index is 582. The number of hydrogen-bond donors (Lipinski definition) is 1. The van der Waals surface area contributed by atoms with Crippen molar-refractivity contribution < 1.29 is 9.90 Å². The lowest BCUT2D eigenvalue weighted by Crippen LogP contribution is -2.52. The van der Waals surface area contributed by atoms with Gasteiger partial charge in [0.15, 0.2) is 0 Å². The predicted octanol–water partition coefficient (Wildman–Crippen LogP) is -0.243. The van der Waals surface area contributed by atoms with E-state index in [9.17, 15) is 19.5 Å². The monoisotopic (exact) mass is 238 g/mol. The number of rotatable bonds is 3. The van der Waals surface area contributed by atoms with Gasteiger partial charge in [0.05, 0.1) is 0 Å². The first-order chi connectivity index (χ1) is 7.89. The molecule has 2 rings (SSSR count). The fourth-order valence-electron chi connectivity index (χ4n) is 2.04. The Morgan fingerprint density at radius 1 is 1.35 bits per heavy atom. The zero-order chi connectivity index (χ0) is 12.8. The second kappa shape index (κ2) is 3.58. The summed E-state index contributed by atoms with van der Waals surface area (Å²) in [5.74, 6) is -1.15. The molecule has 0 amide bonds. The van der Waals surface area contributed by atoms with Gasteiger partial charge in [-0.2, -0.15) is 0 Å². The lowest BCUT2D eigenvalue weighted by atomic mass is 9.95. The van der Waals surface area contributed by atoms with E-state index in [0.29, 0.717) is 0 Å². The van der Waals surface area contributed by atoms with Crippen LogP contribution in [0, 0.1) is 5.92 Å². The second-order valence-electron chi connectivity index (χ2n) is 4.62. The third kappa shape index (κ3) is 1.60. The zero-order valence-corrected chi connectivity index (χ0v) is 9.71. The molecule has 6 nitrogen and oxygen atoms in total. The van der Waals surface area contributed by atoms with Crippen LogP contribution in [-0.4, -0.2) is 20.2 Å². The van der Waals surface area contributed by atoms with E-state index in [1.807, 2.05) is 0 Å². The van der Waals surface area contributed by atoms with Gasteiger partial charge in [-0.05, 0) is 25.7 Å². The third-order valence-electron chi connectivity index (χ3n) is 3.47. The molecule has 1 aromatic heterocycles. The molecule has 0 spiro atoms. The van der Waals surface area contributed by atoms with E-state index in [1.165, 1.54) is 26.4 Å². The first-order valence-corrected chi connectivity index (χ1v) is 5.41. The smallest absolute Gasteiger partial charge is 0.330 e. The van der Waals surface area contributed by atoms with Crippen molar-refractivity contribution >= 4 is 5.97 Å². The van der Waals surface area contributed by atoms with Crippen molar-refractivity contribution in [2.45, 2.75) is 25.3 Å². The van der Waals surface area contributed by atoms with Crippen LogP contribution in [0.1, 0.15) is 19.8 Å². The molecule has 1 fully saturated rings. The van der Waals surface area contributed by atoms with E-state index in [2.05, 4.69) is 0 Å². The first-order valence-electron chi connectivity index (χ1n) is 5.41. The molecule has 1 aliphatic rings. The molecule has 1 aliphatic carbocycles. The Balaban J connectivity index is 2.67. The van der Waals surface area contributed by atoms with Crippen molar-refractivity contribution in [1.29, 1.82) is 0 Å². The molecule has 1 aromatic rings. The van der Waals surface area contributed by atoms with Crippen LogP contribution in [0.25, 0.3) is 0 Å². The quantitative estimate of drug-likeness (QED) is 0.737. The first kappa shape index (κ1) is 11.6. The van der Waals surface area contributed by atoms with Gasteiger partial charge in [0.2, 0.25) is 0 Å². The average molecular weight is 238 g/mol. The van der Waals surface area contributed by atoms with Crippen LogP contribution < -0.4 is 11.1 Å². The van der Waals surface area contributed by atoms with Crippen LogP contribution in [0.4, 0.5) is 0 Å². The molecule has 17 heavy (non-hydrogen) atoms. The molecule has 1 atom stereocenters. The number of aromatic nitrogens is 2. The number of aliphatic carboxylic acids is 1. The molecule has 0 radical (unpaired) electrons. The topological polar surface area (TPSA) is 81.3 Å². The van der Waals surface area contributed by atoms with E-state index in [0.717, 1.165) is 22.0 Å². The fraction of sp³-hybridized carbons (Fsp3) is 0.545. The number of carboxylic acids is 1. The zero-order valence-electron chi connectivity index (χ0n) is 9.71. The molecule has 92 valence electrons. The van der Waals surface area contributed by atoms with E-state index in [4.69, 9.17) is 0 Å². The number of aryl methyl sites for hydroxylation is 1. The number of nitrogens with zero attached hydrogens (tertiary/aromatic N) is 2. The highest BCUT2D eigenvalue weighted by atomic mass is 16.4. The minimum atomic E-state index is -1.31. The number of hydrogen-bond acceptors (Lipinski definition) is 3. The maximum Gasteiger partial charge on any atom is 0.330 e. The predicted molar refractivity (Wildman–Crippen MR) is 60.0 cm³/mol. The molecular formula is C11H14N2O4. The van der Waals surface area contributed by atoms with Crippen molar-refractivity contribution in [3.05, 3.63) is 33.1 Å². The normalized spacial score (nSPS) is 18.7. The summed E-state index contributed by atoms with van der Waals surface area (Å²) in [6, 6.07) is 0. The SMILES string of the molecule is Cn1ccn(C(C)(C(=O)O)C2CC2)c(=O)c1=O. The van der Waals surface area contributed by atoms with Crippen LogP contribution in [0.2, 0.25) is 0 Å². The van der Waals surface area contributed by atoms with Crippen molar-refractivity contribution in [3.63, 3.8) is 0 Å². The van der Waals surface area contributed by atoms with E-state index >= 15 is 0 Å². The third-order valence-corrected chi connectivity index (χ3v) is 3.47. The van der Waals surface area contributed by atoms with Gasteiger partial charge in [0.25, 0.3) is 0 Å². The molecule has 6 heteroatoms. The van der Waals surface area contributed by atoms with Crippen LogP contribution in [-0.2, 0) is 17.4 Å². The van der Waals surface area contributed by atoms with Crippen molar-refractivity contribution in [2.24, 2.45) is 13.0 Å². The van der Waals surface area contributed by atoms with Gasteiger partial charge in [-0.25, -0.2) is 4.79 Å². The Morgan fingerprint density at radius 3 is 2.41 bits per heavy atom. The van der Waals surface area contributed by atoms with Gasteiger partial charge in [-0.15, -0.1) is 0 Å². The van der Waals surface area contributed by atoms with Gasteiger partial charge >= 0.3 is 17.1 Å². The van der Waals surface area contributed by atoms with Crippen molar-refractivity contribution in [3.8, 4) is 0 Å². The Hall–Kier alpha value is -1.85. The molecular weight excluding hydrogens is 224 g/mol. The fourth-order valence-corrected chi connectivity index (χ4v) is 2.04. The van der Waals surface area contributed by atoms with Gasteiger partial charge in [-0.3, -0.25) is 14.2 Å². The van der Waals surface area contributed by atoms with Gasteiger partial charge in [0.1, 0.15) is 5.54 Å². The molecule has 0 bridgehead atoms. The summed E-state index contributed by atoms with van der Waals surface area (Å²) in [5.41, 5.74) is -2.81. The Kier molecular flexibility index (Phi) is 2.45. The van der Waals surface area contributed by atoms with Crippen LogP contribution in [0.3, 0.4) is 0 Å². The van der Waals surface area contributed by atoms with E-state index < -0.39 is 22.6 Å². The summed E-state index contributed by atoms with van der Waals surface area (Å²) in [4.78, 5) is 34.8. The highest BCUT2D eigenvalue weighted by molar-refractivity contribution is 5.77. The summed E-state index contributed by atoms with van der Waals surface area (Å²) in [5, 5.41) is 9.31. The largest absolute Gasteiger partial charge is 0.479 e. The van der Waals surface area contributed by atoms with E-state index in [-0.39, 0.29) is 5.92 Å². The van der Waals surface area contributed by atoms with Gasteiger partial charge < -0.3 is 9.67 Å². The van der Waals surface area contributed by atoms with Crippen molar-refractivity contribution in [1.82, 2.24) is 9.13 Å². The molecule has 1 saturated carbocycles. The van der Waals surface area contributed by atoms with Crippen LogP contribution in [0.5, 0.6) is 0 Å². The summed E-state index contributed by atoms with van der Waals surface area (Å²) in [7, 11) is 1.46. The molecule has 1 heterocycles. The van der Waals surface area contributed by atoms with E-state index in [1.54, 1.807) is 0 Å². The number of carboxylic acid groups (broad SMARTS) is 1. The van der Waals surface area contributed by atoms with Crippen molar-refractivity contribution in [2.75, 3.05) is 0 Å². The average Bonchev–Trinajstić information content (AvgIpc) is 3.09. The summed E-state index contributed by atoms with van der Waals surface area (Å²) in [6.07, 6.45) is 4.32. The standard InChI is InChI=1S/C11H14N2O4/c1-11(10(16)17,7-3-4-7)13-6-5-12(2)8(14)9(13)15/h5-7H,3-4H2,1-2H3,(H,16,17). The molecule has 1 unspecified atom stereocenters. The maximum absolute atomic E-state index is 11.8. The molecule has 0 saturated heterocycles. The van der Waals surface area contributed by atoms with Crippen LogP contribution in [0.15, 0.2) is 22.0 Å². The molecule has 1 N–H and O–H groups in total. The lowest BCUT2D eigenvalue weighted by Gasteiger charge is -2.27. The molecule has 0 aliphatic heterocycles. The summed E-state index contributed by atoms with van der Waals surface area (Å²) in [6.45, 7) is 1.49. The minimum Gasteiger partial charge on any atom is -0.479 e. The summed E-state index contributed by atoms with van der Waals surface area (Å²) < 4.78 is 2.20. The van der Waals surface area contributed by atoms with Gasteiger partial charge in [-0.1, -0.05) is 0 Å². The number of carbonyl (C=O) groups is 1. The second-order valence-corrected chi connectivity index (χ2v) is 4.62. The minimum absolute atomic E-state index is 0.0789.